The van der Waals surface area contributed by atoms with Gasteiger partial charge in [0.15, 0.2) is 11.5 Å². The van der Waals surface area contributed by atoms with Gasteiger partial charge in [-0.15, -0.1) is 0 Å². The lowest BCUT2D eigenvalue weighted by molar-refractivity contribution is 0.0763. The smallest absolute Gasteiger partial charge is 0.276 e. The van der Waals surface area contributed by atoms with Gasteiger partial charge < -0.3 is 14.7 Å². The van der Waals surface area contributed by atoms with Gasteiger partial charge in [0.05, 0.1) is 0 Å². The molecule has 0 bridgehead atoms. The second-order valence-corrected chi connectivity index (χ2v) is 6.56. The minimum absolute atomic E-state index is 0.102. The van der Waals surface area contributed by atoms with E-state index >= 15 is 0 Å². The minimum Gasteiger partial charge on any atom is -0.355 e. The number of likely N-dealkylation sites (tertiary alicyclic amines) is 1. The van der Waals surface area contributed by atoms with E-state index in [4.69, 9.17) is 4.52 Å². The third kappa shape index (κ3) is 3.43. The first-order valence-electron chi connectivity index (χ1n) is 8.67. The highest BCUT2D eigenvalue weighted by atomic mass is 19.1. The normalized spacial score (nSPS) is 21.6. The van der Waals surface area contributed by atoms with Crippen LogP contribution in [-0.4, -0.2) is 66.2 Å². The number of carbonyl (C=O) groups is 1. The molecule has 7 heteroatoms. The predicted octanol–water partition coefficient (Wildman–Crippen LogP) is 1.60. The van der Waals surface area contributed by atoms with Gasteiger partial charge in [0.1, 0.15) is 5.82 Å². The van der Waals surface area contributed by atoms with Crippen molar-refractivity contribution in [3.63, 3.8) is 0 Å². The summed E-state index contributed by atoms with van der Waals surface area (Å²) in [5.74, 6) is 0.0616. The average molecular weight is 344 g/mol. The van der Waals surface area contributed by atoms with Crippen molar-refractivity contribution in [2.24, 2.45) is 0 Å². The zero-order chi connectivity index (χ0) is 17.2. The number of hydrogen-bond acceptors (Lipinski definition) is 5. The van der Waals surface area contributed by atoms with E-state index in [1.807, 2.05) is 4.90 Å². The van der Waals surface area contributed by atoms with E-state index in [0.717, 1.165) is 45.7 Å². The molecule has 1 unspecified atom stereocenters. The largest absolute Gasteiger partial charge is 0.355 e. The summed E-state index contributed by atoms with van der Waals surface area (Å²) in [6.07, 6.45) is 0.994. The van der Waals surface area contributed by atoms with Gasteiger partial charge in [0.2, 0.25) is 0 Å². The van der Waals surface area contributed by atoms with Gasteiger partial charge in [0, 0.05) is 56.9 Å². The van der Waals surface area contributed by atoms with E-state index in [1.165, 1.54) is 12.1 Å². The molecule has 1 atom stereocenters. The van der Waals surface area contributed by atoms with Crippen LogP contribution in [0.2, 0.25) is 0 Å². The number of halogens is 1. The number of aromatic nitrogens is 1. The molecule has 3 heterocycles. The summed E-state index contributed by atoms with van der Waals surface area (Å²) in [7, 11) is 0. The molecule has 2 fully saturated rings. The predicted molar refractivity (Wildman–Crippen MR) is 90.6 cm³/mol. The van der Waals surface area contributed by atoms with Gasteiger partial charge >= 0.3 is 0 Å². The highest BCUT2D eigenvalue weighted by molar-refractivity contribution is 5.93. The maximum Gasteiger partial charge on any atom is 0.276 e. The molecule has 4 rings (SSSR count). The topological polar surface area (TPSA) is 61.6 Å². The summed E-state index contributed by atoms with van der Waals surface area (Å²) in [5, 5.41) is 7.27. The number of nitrogens with zero attached hydrogens (tertiary/aromatic N) is 3. The van der Waals surface area contributed by atoms with E-state index < -0.39 is 0 Å². The molecule has 1 aromatic carbocycles. The number of piperazine rings is 1. The quantitative estimate of drug-likeness (QED) is 0.916. The van der Waals surface area contributed by atoms with Gasteiger partial charge in [-0.05, 0) is 30.7 Å². The third-order valence-corrected chi connectivity index (χ3v) is 4.98. The Kier molecular flexibility index (Phi) is 4.50. The van der Waals surface area contributed by atoms with Crippen molar-refractivity contribution in [2.75, 3.05) is 39.3 Å². The van der Waals surface area contributed by atoms with Crippen molar-refractivity contribution >= 4 is 5.91 Å². The number of rotatable bonds is 3. The van der Waals surface area contributed by atoms with E-state index in [2.05, 4.69) is 15.4 Å². The molecular formula is C18H21FN4O2. The molecular weight excluding hydrogens is 323 g/mol. The van der Waals surface area contributed by atoms with Gasteiger partial charge in [-0.1, -0.05) is 5.16 Å². The average Bonchev–Trinajstić information content (AvgIpc) is 3.33. The monoisotopic (exact) mass is 344 g/mol. The maximum absolute atomic E-state index is 13.0. The molecule has 0 spiro atoms. The van der Waals surface area contributed by atoms with Gasteiger partial charge in [-0.25, -0.2) is 4.39 Å². The lowest BCUT2D eigenvalue weighted by atomic mass is 10.1. The van der Waals surface area contributed by atoms with Crippen molar-refractivity contribution in [2.45, 2.75) is 12.5 Å². The van der Waals surface area contributed by atoms with Gasteiger partial charge in [-0.2, -0.15) is 0 Å². The first-order valence-corrected chi connectivity index (χ1v) is 8.67. The van der Waals surface area contributed by atoms with Gasteiger partial charge in [-0.3, -0.25) is 9.69 Å². The Hall–Kier alpha value is -2.25. The Labute approximate surface area is 145 Å². The number of nitrogens with one attached hydrogen (secondary N) is 1. The summed E-state index contributed by atoms with van der Waals surface area (Å²) in [6.45, 7) is 5.56. The molecule has 1 aromatic heterocycles. The van der Waals surface area contributed by atoms with E-state index in [1.54, 1.807) is 18.2 Å². The number of carbonyl (C=O) groups excluding carboxylic acids is 1. The summed E-state index contributed by atoms with van der Waals surface area (Å²) >= 11 is 0. The SMILES string of the molecule is O=C(c1cc(-c2ccc(F)cc2)on1)N1CCC(N2CCNCC2)C1. The second-order valence-electron chi connectivity index (χ2n) is 6.56. The van der Waals surface area contributed by atoms with E-state index in [9.17, 15) is 9.18 Å². The molecule has 2 aliphatic rings. The van der Waals surface area contributed by atoms with Crippen LogP contribution >= 0.6 is 0 Å². The van der Waals surface area contributed by atoms with Gasteiger partial charge in [0.25, 0.3) is 5.91 Å². The molecule has 0 aliphatic carbocycles. The summed E-state index contributed by atoms with van der Waals surface area (Å²) < 4.78 is 18.3. The number of amides is 1. The van der Waals surface area contributed by atoms with Crippen LogP contribution in [-0.2, 0) is 0 Å². The van der Waals surface area contributed by atoms with Crippen molar-refractivity contribution in [3.8, 4) is 11.3 Å². The lowest BCUT2D eigenvalue weighted by Gasteiger charge is -2.32. The Morgan fingerprint density at radius 3 is 2.72 bits per heavy atom. The summed E-state index contributed by atoms with van der Waals surface area (Å²) in [5.41, 5.74) is 1.01. The zero-order valence-electron chi connectivity index (χ0n) is 13.9. The van der Waals surface area contributed by atoms with Crippen molar-refractivity contribution in [1.82, 2.24) is 20.3 Å². The Morgan fingerprint density at radius 1 is 1.20 bits per heavy atom. The molecule has 1 amide bonds. The Balaban J connectivity index is 1.42. The van der Waals surface area contributed by atoms with E-state index in [0.29, 0.717) is 23.1 Å². The van der Waals surface area contributed by atoms with Crippen molar-refractivity contribution in [1.29, 1.82) is 0 Å². The van der Waals surface area contributed by atoms with Crippen LogP contribution in [0.1, 0.15) is 16.9 Å². The fourth-order valence-electron chi connectivity index (χ4n) is 3.56. The molecule has 0 radical (unpaired) electrons. The van der Waals surface area contributed by atoms with Crippen LogP contribution < -0.4 is 5.32 Å². The highest BCUT2D eigenvalue weighted by Gasteiger charge is 2.32. The maximum atomic E-state index is 13.0. The van der Waals surface area contributed by atoms with Crippen LogP contribution in [0.15, 0.2) is 34.9 Å². The Bertz CT molecular complexity index is 740. The minimum atomic E-state index is -0.310. The lowest BCUT2D eigenvalue weighted by Crippen LogP contribution is -2.49. The molecule has 2 aliphatic heterocycles. The van der Waals surface area contributed by atoms with E-state index in [-0.39, 0.29) is 11.7 Å². The first kappa shape index (κ1) is 16.2. The molecule has 2 aromatic rings. The summed E-state index contributed by atoms with van der Waals surface area (Å²) in [4.78, 5) is 17.0. The van der Waals surface area contributed by atoms with Crippen LogP contribution in [0.4, 0.5) is 4.39 Å². The van der Waals surface area contributed by atoms with Crippen LogP contribution in [0.25, 0.3) is 11.3 Å². The van der Waals surface area contributed by atoms with Crippen LogP contribution in [0.5, 0.6) is 0 Å². The molecule has 0 saturated carbocycles. The molecule has 6 nitrogen and oxygen atoms in total. The van der Waals surface area contributed by atoms with Crippen LogP contribution in [0, 0.1) is 5.82 Å². The number of benzene rings is 1. The molecule has 132 valence electrons. The second kappa shape index (κ2) is 6.93. The van der Waals surface area contributed by atoms with Crippen LogP contribution in [0.3, 0.4) is 0 Å². The molecule has 1 N–H and O–H groups in total. The third-order valence-electron chi connectivity index (χ3n) is 4.98. The zero-order valence-corrected chi connectivity index (χ0v) is 13.9. The van der Waals surface area contributed by atoms with Crippen molar-refractivity contribution < 1.29 is 13.7 Å². The fraction of sp³-hybridized carbons (Fsp3) is 0.444. The first-order chi connectivity index (χ1) is 12.2. The fourth-order valence-corrected chi connectivity index (χ4v) is 3.56. The molecule has 25 heavy (non-hydrogen) atoms. The Morgan fingerprint density at radius 2 is 1.96 bits per heavy atom. The highest BCUT2D eigenvalue weighted by Crippen LogP contribution is 2.23. The summed E-state index contributed by atoms with van der Waals surface area (Å²) in [6, 6.07) is 8.00. The van der Waals surface area contributed by atoms with Crippen molar-refractivity contribution in [3.05, 3.63) is 41.8 Å². The number of hydrogen-bond donors (Lipinski definition) is 1. The molecule has 2 saturated heterocycles. The standard InChI is InChI=1S/C18H21FN4O2/c19-14-3-1-13(2-4-14)17-11-16(21-25-17)18(24)23-8-5-15(12-23)22-9-6-20-7-10-22/h1-4,11,15,20H,5-10,12H2.